The van der Waals surface area contributed by atoms with E-state index >= 15 is 0 Å². The molecule has 1 atom stereocenters. The summed E-state index contributed by atoms with van der Waals surface area (Å²) in [6.45, 7) is 0.590. The van der Waals surface area contributed by atoms with Crippen molar-refractivity contribution in [1.29, 1.82) is 0 Å². The fourth-order valence-electron chi connectivity index (χ4n) is 4.54. The molecule has 0 radical (unpaired) electrons. The second-order valence-corrected chi connectivity index (χ2v) is 8.17. The van der Waals surface area contributed by atoms with Crippen LogP contribution in [-0.4, -0.2) is 47.2 Å². The molecule has 0 bridgehead atoms. The van der Waals surface area contributed by atoms with Gasteiger partial charge in [0.15, 0.2) is 0 Å². The number of nitrogens with one attached hydrogen (secondary N) is 1. The predicted octanol–water partition coefficient (Wildman–Crippen LogP) is 4.35. The molecule has 0 saturated carbocycles. The Bertz CT molecular complexity index is 1210. The van der Waals surface area contributed by atoms with Crippen LogP contribution < -0.4 is 5.32 Å². The maximum Gasteiger partial charge on any atom is 0.411 e. The Morgan fingerprint density at radius 2 is 1.61 bits per heavy atom. The van der Waals surface area contributed by atoms with Gasteiger partial charge < -0.3 is 14.7 Å². The molecule has 1 aliphatic heterocycles. The lowest BCUT2D eigenvalue weighted by molar-refractivity contribution is -0.146. The average molecular weight is 442 g/mol. The summed E-state index contributed by atoms with van der Waals surface area (Å²) in [5, 5.41) is 11.8. The molecule has 1 saturated heterocycles. The van der Waals surface area contributed by atoms with Gasteiger partial charge in [-0.1, -0.05) is 54.6 Å². The quantitative estimate of drug-likeness (QED) is 0.613. The van der Waals surface area contributed by atoms with E-state index in [1.807, 2.05) is 24.3 Å². The fraction of sp³-hybridized carbons (Fsp3) is 0.192. The van der Waals surface area contributed by atoms with E-state index in [4.69, 9.17) is 4.74 Å². The molecule has 2 N–H and O–H groups in total. The van der Waals surface area contributed by atoms with Gasteiger partial charge in [-0.15, -0.1) is 0 Å². The Hall–Kier alpha value is -4.13. The van der Waals surface area contributed by atoms with E-state index < -0.39 is 18.1 Å². The molecule has 5 rings (SSSR count). The van der Waals surface area contributed by atoms with Gasteiger partial charge in [0.2, 0.25) is 0 Å². The second-order valence-electron chi connectivity index (χ2n) is 8.17. The average Bonchev–Trinajstić information content (AvgIpc) is 3.10. The topological polar surface area (TPSA) is 95.9 Å². The Labute approximate surface area is 190 Å². The minimum atomic E-state index is -1.01. The van der Waals surface area contributed by atoms with Crippen LogP contribution in [0.3, 0.4) is 0 Å². The number of amides is 2. The number of fused-ring (bicyclic) bond motifs is 3. The van der Waals surface area contributed by atoms with E-state index in [2.05, 4.69) is 29.6 Å². The Balaban J connectivity index is 1.25. The number of ether oxygens (including phenoxy) is 1. The lowest BCUT2D eigenvalue weighted by Crippen LogP contribution is -2.55. The van der Waals surface area contributed by atoms with E-state index in [1.165, 1.54) is 11.0 Å². The molecule has 3 aromatic rings. The van der Waals surface area contributed by atoms with Crippen molar-refractivity contribution in [3.63, 3.8) is 0 Å². The predicted molar refractivity (Wildman–Crippen MR) is 122 cm³/mol. The zero-order valence-corrected chi connectivity index (χ0v) is 17.7. The number of hydrogen-bond donors (Lipinski definition) is 2. The first-order valence-electron chi connectivity index (χ1n) is 10.8. The highest BCUT2D eigenvalue weighted by molar-refractivity contribution is 5.99. The van der Waals surface area contributed by atoms with Gasteiger partial charge in [-0.2, -0.15) is 0 Å². The smallest absolute Gasteiger partial charge is 0.411 e. The number of benzene rings is 3. The van der Waals surface area contributed by atoms with Crippen LogP contribution in [0, 0.1) is 0 Å². The van der Waals surface area contributed by atoms with Crippen molar-refractivity contribution in [2.24, 2.45) is 0 Å². The highest BCUT2D eigenvalue weighted by atomic mass is 16.5. The molecule has 1 fully saturated rings. The van der Waals surface area contributed by atoms with Crippen molar-refractivity contribution in [3.05, 3.63) is 89.5 Å². The molecule has 7 heteroatoms. The van der Waals surface area contributed by atoms with Crippen LogP contribution in [0.4, 0.5) is 10.5 Å². The van der Waals surface area contributed by atoms with Gasteiger partial charge in [-0.3, -0.25) is 10.1 Å². The van der Waals surface area contributed by atoms with E-state index in [1.54, 1.807) is 18.2 Å². The first-order chi connectivity index (χ1) is 16.0. The lowest BCUT2D eigenvalue weighted by atomic mass is 9.98. The summed E-state index contributed by atoms with van der Waals surface area (Å²) >= 11 is 0. The number of carbonyl (C=O) groups excluding carboxylic acids is 2. The Morgan fingerprint density at radius 1 is 0.939 bits per heavy atom. The summed E-state index contributed by atoms with van der Waals surface area (Å²) < 4.78 is 5.55. The number of aliphatic carboxylic acids is 1. The van der Waals surface area contributed by atoms with Crippen molar-refractivity contribution in [3.8, 4) is 11.1 Å². The summed E-state index contributed by atoms with van der Waals surface area (Å²) in [6.07, 6.45) is -0.174. The molecule has 0 spiro atoms. The second kappa shape index (κ2) is 8.43. The molecule has 166 valence electrons. The summed E-state index contributed by atoms with van der Waals surface area (Å²) in [7, 11) is 0. The lowest BCUT2D eigenvalue weighted by Gasteiger charge is -2.38. The minimum absolute atomic E-state index is 0.0459. The van der Waals surface area contributed by atoms with E-state index in [0.717, 1.165) is 22.3 Å². The Morgan fingerprint density at radius 3 is 2.21 bits per heavy atom. The molecule has 1 heterocycles. The van der Waals surface area contributed by atoms with Crippen molar-refractivity contribution >= 4 is 23.7 Å². The Kier molecular flexibility index (Phi) is 5.30. The van der Waals surface area contributed by atoms with Crippen LogP contribution in [0.2, 0.25) is 0 Å². The van der Waals surface area contributed by atoms with Gasteiger partial charge in [0.1, 0.15) is 12.6 Å². The number of anilines is 1. The van der Waals surface area contributed by atoms with Gasteiger partial charge in [0.05, 0.1) is 0 Å². The van der Waals surface area contributed by atoms with E-state index in [9.17, 15) is 19.5 Å². The van der Waals surface area contributed by atoms with Gasteiger partial charge in [0, 0.05) is 23.7 Å². The van der Waals surface area contributed by atoms with E-state index in [0.29, 0.717) is 24.2 Å². The summed E-state index contributed by atoms with van der Waals surface area (Å²) in [4.78, 5) is 37.7. The molecule has 1 unspecified atom stereocenters. The first kappa shape index (κ1) is 20.8. The third-order valence-corrected chi connectivity index (χ3v) is 6.27. The van der Waals surface area contributed by atoms with Crippen LogP contribution in [0.25, 0.3) is 11.1 Å². The number of rotatable bonds is 5. The number of carboxylic acid groups (broad SMARTS) is 1. The molecule has 7 nitrogen and oxygen atoms in total. The van der Waals surface area contributed by atoms with Gasteiger partial charge in [-0.05, 0) is 46.9 Å². The van der Waals surface area contributed by atoms with E-state index in [-0.39, 0.29) is 18.4 Å². The molecule has 3 aromatic carbocycles. The monoisotopic (exact) mass is 442 g/mol. The summed E-state index contributed by atoms with van der Waals surface area (Å²) in [5.74, 6) is -1.43. The molecule has 2 amide bonds. The molecule has 2 aliphatic rings. The number of carboxylic acids is 1. The van der Waals surface area contributed by atoms with Gasteiger partial charge >= 0.3 is 12.1 Å². The number of hydrogen-bond acceptors (Lipinski definition) is 4. The summed E-state index contributed by atoms with van der Waals surface area (Å²) in [5.41, 5.74) is 5.28. The van der Waals surface area contributed by atoms with Gasteiger partial charge in [-0.25, -0.2) is 9.59 Å². The van der Waals surface area contributed by atoms with Crippen molar-refractivity contribution in [2.45, 2.75) is 18.4 Å². The minimum Gasteiger partial charge on any atom is -0.480 e. The molecule has 1 aliphatic carbocycles. The maximum atomic E-state index is 12.6. The third kappa shape index (κ3) is 3.82. The maximum absolute atomic E-state index is 12.6. The molecular weight excluding hydrogens is 420 g/mol. The normalized spacial score (nSPS) is 16.4. The SMILES string of the molecule is O=C(Nc1cccc(C(=O)N2CCC2C(=O)O)c1)OCC1c2ccccc2-c2ccccc21. The first-order valence-corrected chi connectivity index (χ1v) is 10.8. The zero-order valence-electron chi connectivity index (χ0n) is 17.7. The van der Waals surface area contributed by atoms with Crippen LogP contribution in [-0.2, 0) is 9.53 Å². The summed E-state index contributed by atoms with van der Waals surface area (Å²) in [6, 6.07) is 21.8. The highest BCUT2D eigenvalue weighted by Crippen LogP contribution is 2.44. The van der Waals surface area contributed by atoms with Crippen molar-refractivity contribution in [1.82, 2.24) is 4.90 Å². The molecule has 0 aromatic heterocycles. The molecular formula is C26H22N2O5. The fourth-order valence-corrected chi connectivity index (χ4v) is 4.54. The standard InChI is InChI=1S/C26H22N2O5/c29-24(28-13-12-23(28)25(30)31)16-6-5-7-17(14-16)27-26(32)33-15-22-20-10-3-1-8-18(20)19-9-2-4-11-21(19)22/h1-11,14,22-23H,12-13,15H2,(H,27,32)(H,30,31). The van der Waals surface area contributed by atoms with Crippen LogP contribution in [0.15, 0.2) is 72.8 Å². The highest BCUT2D eigenvalue weighted by Gasteiger charge is 2.38. The van der Waals surface area contributed by atoms with Crippen LogP contribution in [0.1, 0.15) is 33.8 Å². The zero-order chi connectivity index (χ0) is 22.9. The van der Waals surface area contributed by atoms with Crippen LogP contribution in [0.5, 0.6) is 0 Å². The third-order valence-electron chi connectivity index (χ3n) is 6.27. The van der Waals surface area contributed by atoms with Gasteiger partial charge in [0.25, 0.3) is 5.91 Å². The number of carbonyl (C=O) groups is 3. The van der Waals surface area contributed by atoms with Crippen molar-refractivity contribution in [2.75, 3.05) is 18.5 Å². The molecule has 33 heavy (non-hydrogen) atoms. The van der Waals surface area contributed by atoms with Crippen molar-refractivity contribution < 1.29 is 24.2 Å². The van der Waals surface area contributed by atoms with Crippen LogP contribution >= 0.6 is 0 Å². The largest absolute Gasteiger partial charge is 0.480 e. The number of nitrogens with zero attached hydrogens (tertiary/aromatic N) is 1. The number of likely N-dealkylation sites (tertiary alicyclic amines) is 1.